The largest absolute Gasteiger partial charge is 0.296 e. The Hall–Kier alpha value is -1.24. The molecule has 0 aliphatic rings. The molecule has 0 bridgehead atoms. The first-order chi connectivity index (χ1) is 17.9. The zero-order chi connectivity index (χ0) is 27.5. The fourth-order valence-corrected chi connectivity index (χ4v) is 5.62. The molecule has 0 unspecified atom stereocenters. The van der Waals surface area contributed by atoms with Crippen molar-refractivity contribution in [1.29, 1.82) is 0 Å². The zero-order valence-electron chi connectivity index (χ0n) is 21.5. The SMILES string of the molecule is O=S(=O)(O)c1cc(C=Cc2ccc(-c3ccc(C=Cc4ccc(Cl)c(S(=O)(=O)O)c4)cc3)cc2)ccc1Cl.[Na].[Na]. The molecule has 0 aliphatic carbocycles. The normalized spacial score (nSPS) is 11.8. The number of halogens is 2. The van der Waals surface area contributed by atoms with E-state index < -0.39 is 20.2 Å². The molecule has 0 saturated heterocycles. The molecule has 0 atom stereocenters. The maximum Gasteiger partial charge on any atom is 0.296 e. The van der Waals surface area contributed by atoms with Crippen LogP contribution in [0.25, 0.3) is 35.4 Å². The van der Waals surface area contributed by atoms with Crippen LogP contribution >= 0.6 is 23.2 Å². The predicted octanol–water partition coefficient (Wildman–Crippen LogP) is 6.73. The van der Waals surface area contributed by atoms with Gasteiger partial charge < -0.3 is 0 Å². The van der Waals surface area contributed by atoms with Gasteiger partial charge in [-0.15, -0.1) is 0 Å². The summed E-state index contributed by atoms with van der Waals surface area (Å²) in [6.07, 6.45) is 7.08. The maximum absolute atomic E-state index is 11.4. The molecule has 40 heavy (non-hydrogen) atoms. The second kappa shape index (κ2) is 14.8. The van der Waals surface area contributed by atoms with Crippen LogP contribution in [-0.2, 0) is 20.2 Å². The second-order valence-corrected chi connectivity index (χ2v) is 11.8. The first kappa shape index (κ1) is 35.0. The van der Waals surface area contributed by atoms with Crippen molar-refractivity contribution in [3.05, 3.63) is 117 Å². The summed E-state index contributed by atoms with van der Waals surface area (Å²) in [4.78, 5) is -0.683. The average molecular weight is 633 g/mol. The van der Waals surface area contributed by atoms with E-state index in [4.69, 9.17) is 23.2 Å². The van der Waals surface area contributed by atoms with Crippen molar-refractivity contribution in [1.82, 2.24) is 0 Å². The molecule has 0 fully saturated rings. The van der Waals surface area contributed by atoms with Gasteiger partial charge in [-0.1, -0.05) is 108 Å². The number of hydrogen-bond acceptors (Lipinski definition) is 4. The molecule has 0 spiro atoms. The fraction of sp³-hybridized carbons (Fsp3) is 0. The Morgan fingerprint density at radius 2 is 0.750 bits per heavy atom. The van der Waals surface area contributed by atoms with Crippen molar-refractivity contribution in [2.24, 2.45) is 0 Å². The van der Waals surface area contributed by atoms with Crippen LogP contribution in [0.15, 0.2) is 94.7 Å². The maximum atomic E-state index is 11.4. The third kappa shape index (κ3) is 9.39. The predicted molar refractivity (Wildman–Crippen MR) is 164 cm³/mol. The first-order valence-corrected chi connectivity index (χ1v) is 14.6. The minimum absolute atomic E-state index is 0. The van der Waals surface area contributed by atoms with E-state index in [1.165, 1.54) is 24.3 Å². The molecular weight excluding hydrogens is 613 g/mol. The van der Waals surface area contributed by atoms with Crippen LogP contribution < -0.4 is 0 Å². The Kier molecular flexibility index (Phi) is 12.9. The van der Waals surface area contributed by atoms with E-state index in [0.717, 1.165) is 22.3 Å². The van der Waals surface area contributed by atoms with Crippen molar-refractivity contribution in [2.45, 2.75) is 9.79 Å². The summed E-state index contributed by atoms with van der Waals surface area (Å²) < 4.78 is 64.3. The van der Waals surface area contributed by atoms with E-state index in [1.54, 1.807) is 24.3 Å². The monoisotopic (exact) mass is 632 g/mol. The third-order valence-electron chi connectivity index (χ3n) is 5.56. The van der Waals surface area contributed by atoms with Crippen molar-refractivity contribution in [3.8, 4) is 11.1 Å². The minimum Gasteiger partial charge on any atom is -0.282 e. The van der Waals surface area contributed by atoms with E-state index in [2.05, 4.69) is 0 Å². The van der Waals surface area contributed by atoms with Crippen LogP contribution in [0, 0.1) is 0 Å². The van der Waals surface area contributed by atoms with Gasteiger partial charge in [-0.25, -0.2) is 0 Å². The molecule has 0 saturated carbocycles. The Bertz CT molecular complexity index is 1640. The third-order valence-corrected chi connectivity index (χ3v) is 8.23. The van der Waals surface area contributed by atoms with Gasteiger partial charge in [0.25, 0.3) is 20.2 Å². The Balaban J connectivity index is 0.00000280. The summed E-state index contributed by atoms with van der Waals surface area (Å²) in [6.45, 7) is 0. The average Bonchev–Trinajstić information content (AvgIpc) is 2.87. The van der Waals surface area contributed by atoms with Crippen molar-refractivity contribution in [2.75, 3.05) is 0 Å². The van der Waals surface area contributed by atoms with E-state index in [0.29, 0.717) is 11.1 Å². The summed E-state index contributed by atoms with van der Waals surface area (Å²) in [5.41, 5.74) is 4.92. The molecule has 0 aliphatic heterocycles. The molecule has 2 N–H and O–H groups in total. The standard InChI is InChI=1S/C28H20Cl2O6S2.2Na/c29-25-15-9-21(17-27(25)37(31,32)33)3-1-19-5-11-23(12-6-19)24-13-7-20(8-14-24)2-4-22-10-16-26(30)28(18-22)38(34,35)36;;/h1-18H,(H,31,32,33)(H,34,35,36);;. The van der Waals surface area contributed by atoms with Crippen molar-refractivity contribution in [3.63, 3.8) is 0 Å². The molecule has 4 aromatic rings. The summed E-state index contributed by atoms with van der Waals surface area (Å²) in [7, 11) is -8.82. The van der Waals surface area contributed by atoms with E-state index in [1.807, 2.05) is 60.7 Å². The Labute approximate surface area is 287 Å². The van der Waals surface area contributed by atoms with Gasteiger partial charge in [0.2, 0.25) is 0 Å². The van der Waals surface area contributed by atoms with Crippen molar-refractivity contribution >= 4 is 127 Å². The van der Waals surface area contributed by atoms with Gasteiger partial charge in [0.1, 0.15) is 9.79 Å². The molecule has 12 heteroatoms. The van der Waals surface area contributed by atoms with Gasteiger partial charge in [0.15, 0.2) is 0 Å². The molecular formula is C28H20Cl2Na2O6S2. The van der Waals surface area contributed by atoms with E-state index in [9.17, 15) is 25.9 Å². The molecule has 0 amide bonds. The molecule has 6 nitrogen and oxygen atoms in total. The molecule has 4 rings (SSSR count). The van der Waals surface area contributed by atoms with Gasteiger partial charge in [-0.2, -0.15) is 16.8 Å². The summed E-state index contributed by atoms with van der Waals surface area (Å²) in [5.74, 6) is 0. The van der Waals surface area contributed by atoms with Crippen LogP contribution in [0.3, 0.4) is 0 Å². The zero-order valence-corrected chi connectivity index (χ0v) is 28.6. The van der Waals surface area contributed by atoms with Crippen LogP contribution in [0.1, 0.15) is 22.3 Å². The van der Waals surface area contributed by atoms with E-state index >= 15 is 0 Å². The summed E-state index contributed by atoms with van der Waals surface area (Å²) in [5, 5.41) is -0.0986. The molecule has 0 heterocycles. The van der Waals surface area contributed by atoms with E-state index in [-0.39, 0.29) is 79.0 Å². The van der Waals surface area contributed by atoms with Crippen LogP contribution in [0.2, 0.25) is 10.0 Å². The van der Waals surface area contributed by atoms with Gasteiger partial charge in [0.05, 0.1) is 10.0 Å². The molecule has 2 radical (unpaired) electrons. The van der Waals surface area contributed by atoms with Gasteiger partial charge in [-0.3, -0.25) is 9.11 Å². The number of benzene rings is 4. The van der Waals surface area contributed by atoms with Crippen molar-refractivity contribution < 1.29 is 25.9 Å². The molecule has 0 aromatic heterocycles. The smallest absolute Gasteiger partial charge is 0.282 e. The number of hydrogen-bond donors (Lipinski definition) is 2. The van der Waals surface area contributed by atoms with Gasteiger partial charge in [0, 0.05) is 59.1 Å². The van der Waals surface area contributed by atoms with Crippen LogP contribution in [0.4, 0.5) is 0 Å². The van der Waals surface area contributed by atoms with Crippen LogP contribution in [0.5, 0.6) is 0 Å². The number of rotatable bonds is 7. The van der Waals surface area contributed by atoms with Gasteiger partial charge >= 0.3 is 0 Å². The quantitative estimate of drug-likeness (QED) is 0.133. The second-order valence-electron chi connectivity index (χ2n) is 8.24. The minimum atomic E-state index is -4.41. The van der Waals surface area contributed by atoms with Gasteiger partial charge in [-0.05, 0) is 57.6 Å². The fourth-order valence-electron chi connectivity index (χ4n) is 3.60. The summed E-state index contributed by atoms with van der Waals surface area (Å²) in [6, 6.07) is 24.3. The Morgan fingerprint density at radius 3 is 1.05 bits per heavy atom. The molecule has 196 valence electrons. The summed E-state index contributed by atoms with van der Waals surface area (Å²) >= 11 is 11.7. The Morgan fingerprint density at radius 1 is 0.475 bits per heavy atom. The first-order valence-electron chi connectivity index (χ1n) is 11.0. The van der Waals surface area contributed by atoms with Crippen LogP contribution in [-0.4, -0.2) is 85.1 Å². The molecule has 4 aromatic carbocycles. The topological polar surface area (TPSA) is 109 Å².